The van der Waals surface area contributed by atoms with Gasteiger partial charge in [0.15, 0.2) is 8.32 Å². The second-order valence-electron chi connectivity index (χ2n) is 7.02. The first-order chi connectivity index (χ1) is 8.64. The first-order valence-corrected chi connectivity index (χ1v) is 10.0. The molecule has 0 aliphatic heterocycles. The van der Waals surface area contributed by atoms with Gasteiger partial charge in [-0.25, -0.2) is 0 Å². The van der Waals surface area contributed by atoms with Crippen LogP contribution in [-0.4, -0.2) is 38.4 Å². The number of hydrogen-bond acceptors (Lipinski definition) is 3. The monoisotopic (exact) mass is 288 g/mol. The van der Waals surface area contributed by atoms with E-state index in [0.717, 1.165) is 12.8 Å². The zero-order chi connectivity index (χ0) is 15.2. The van der Waals surface area contributed by atoms with Gasteiger partial charge in [-0.15, -0.1) is 6.58 Å². The molecule has 0 aromatic heterocycles. The van der Waals surface area contributed by atoms with Gasteiger partial charge in [-0.05, 0) is 37.4 Å². The lowest BCUT2D eigenvalue weighted by atomic mass is 9.82. The Morgan fingerprint density at radius 1 is 1.16 bits per heavy atom. The Kier molecular flexibility index (Phi) is 7.51. The van der Waals surface area contributed by atoms with Gasteiger partial charge in [0.25, 0.3) is 0 Å². The van der Waals surface area contributed by atoms with Crippen LogP contribution in [0.3, 0.4) is 0 Å². The molecule has 114 valence electrons. The van der Waals surface area contributed by atoms with Crippen LogP contribution in [0, 0.1) is 5.41 Å². The molecule has 0 aromatic rings. The van der Waals surface area contributed by atoms with E-state index < -0.39 is 13.7 Å². The van der Waals surface area contributed by atoms with Crippen LogP contribution in [0.4, 0.5) is 0 Å². The van der Waals surface area contributed by atoms with E-state index in [1.54, 1.807) is 6.08 Å². The van der Waals surface area contributed by atoms with Crippen molar-refractivity contribution in [1.82, 2.24) is 0 Å². The average Bonchev–Trinajstić information content (AvgIpc) is 2.32. The van der Waals surface area contributed by atoms with Gasteiger partial charge < -0.3 is 14.6 Å². The third kappa shape index (κ3) is 5.77. The molecule has 0 aliphatic rings. The molecule has 0 amide bonds. The van der Waals surface area contributed by atoms with E-state index in [9.17, 15) is 10.2 Å². The van der Waals surface area contributed by atoms with Crippen molar-refractivity contribution in [1.29, 1.82) is 0 Å². The lowest BCUT2D eigenvalue weighted by Crippen LogP contribution is -2.41. The quantitative estimate of drug-likeness (QED) is 0.389. The van der Waals surface area contributed by atoms with Gasteiger partial charge in [0.1, 0.15) is 0 Å². The summed E-state index contributed by atoms with van der Waals surface area (Å²) >= 11 is 0. The van der Waals surface area contributed by atoms with Crippen molar-refractivity contribution < 1.29 is 14.6 Å². The maximum Gasteiger partial charge on any atom is 0.191 e. The summed E-state index contributed by atoms with van der Waals surface area (Å²) in [6.07, 6.45) is 4.03. The summed E-state index contributed by atoms with van der Waals surface area (Å²) in [6, 6.07) is 0. The van der Waals surface area contributed by atoms with E-state index in [1.165, 1.54) is 0 Å². The van der Waals surface area contributed by atoms with Crippen LogP contribution in [0.15, 0.2) is 12.7 Å². The van der Waals surface area contributed by atoms with Gasteiger partial charge in [-0.3, -0.25) is 0 Å². The topological polar surface area (TPSA) is 49.7 Å². The first-order valence-electron chi connectivity index (χ1n) is 7.11. The molecule has 0 heterocycles. The molecule has 0 radical (unpaired) electrons. The molecule has 0 fully saturated rings. The van der Waals surface area contributed by atoms with Crippen LogP contribution >= 0.6 is 0 Å². The fraction of sp³-hybridized carbons (Fsp3) is 0.867. The second-order valence-corrected chi connectivity index (χ2v) is 11.8. The van der Waals surface area contributed by atoms with E-state index in [1.807, 2.05) is 0 Å². The van der Waals surface area contributed by atoms with Crippen molar-refractivity contribution in [2.45, 2.75) is 58.2 Å². The van der Waals surface area contributed by atoms with Gasteiger partial charge in [0, 0.05) is 12.0 Å². The van der Waals surface area contributed by atoms with Crippen LogP contribution in [0.5, 0.6) is 0 Å². The molecule has 0 unspecified atom stereocenters. The second kappa shape index (κ2) is 7.57. The molecule has 19 heavy (non-hydrogen) atoms. The maximum atomic E-state index is 9.46. The Morgan fingerprint density at radius 2 is 1.68 bits per heavy atom. The van der Waals surface area contributed by atoms with Gasteiger partial charge in [-0.1, -0.05) is 26.8 Å². The molecule has 0 saturated heterocycles. The number of rotatable bonds is 9. The summed E-state index contributed by atoms with van der Waals surface area (Å²) in [4.78, 5) is 0. The molecule has 0 bridgehead atoms. The summed E-state index contributed by atoms with van der Waals surface area (Å²) in [5.74, 6) is 0. The van der Waals surface area contributed by atoms with Crippen LogP contribution in [-0.2, 0) is 4.43 Å². The lowest BCUT2D eigenvalue weighted by Gasteiger charge is -2.36. The molecule has 3 nitrogen and oxygen atoms in total. The van der Waals surface area contributed by atoms with Crippen LogP contribution in [0.25, 0.3) is 0 Å². The standard InChI is InChI=1S/C15H32O3Si/c1-7-9-15(12-16,13-17)10-8-11-18-19(5,6)14(2,3)4/h7,16-17H,1,8-13H2,2-6H3. The molecule has 0 aromatic carbocycles. The zero-order valence-electron chi connectivity index (χ0n) is 13.3. The van der Waals surface area contributed by atoms with Gasteiger partial charge in [0.2, 0.25) is 0 Å². The first kappa shape index (κ1) is 18.8. The van der Waals surface area contributed by atoms with Crippen LogP contribution in [0.2, 0.25) is 18.1 Å². The van der Waals surface area contributed by atoms with Crippen molar-refractivity contribution in [2.75, 3.05) is 19.8 Å². The van der Waals surface area contributed by atoms with E-state index in [0.29, 0.717) is 13.0 Å². The Balaban J connectivity index is 4.25. The van der Waals surface area contributed by atoms with E-state index in [-0.39, 0.29) is 18.3 Å². The Hall–Kier alpha value is -0.163. The molecule has 4 heteroatoms. The van der Waals surface area contributed by atoms with Gasteiger partial charge >= 0.3 is 0 Å². The number of hydrogen-bond donors (Lipinski definition) is 2. The molecule has 0 atom stereocenters. The molecular formula is C15H32O3Si. The van der Waals surface area contributed by atoms with E-state index in [2.05, 4.69) is 40.4 Å². The van der Waals surface area contributed by atoms with E-state index in [4.69, 9.17) is 4.43 Å². The number of aliphatic hydroxyl groups excluding tert-OH is 2. The molecule has 0 aliphatic carbocycles. The summed E-state index contributed by atoms with van der Waals surface area (Å²) < 4.78 is 6.11. The predicted octanol–water partition coefficient (Wildman–Crippen LogP) is 3.34. The van der Waals surface area contributed by atoms with Crippen LogP contribution in [0.1, 0.15) is 40.0 Å². The minimum Gasteiger partial charge on any atom is -0.417 e. The summed E-state index contributed by atoms with van der Waals surface area (Å²) in [5, 5.41) is 19.1. The number of allylic oxidation sites excluding steroid dienone is 1. The van der Waals surface area contributed by atoms with Crippen molar-refractivity contribution in [3.05, 3.63) is 12.7 Å². The largest absolute Gasteiger partial charge is 0.417 e. The lowest BCUT2D eigenvalue weighted by molar-refractivity contribution is 0.0442. The normalized spacial score (nSPS) is 13.6. The highest BCUT2D eigenvalue weighted by atomic mass is 28.4. The van der Waals surface area contributed by atoms with Crippen LogP contribution < -0.4 is 0 Å². The van der Waals surface area contributed by atoms with Gasteiger partial charge in [-0.2, -0.15) is 0 Å². The summed E-state index contributed by atoms with van der Waals surface area (Å²) in [5.41, 5.74) is -0.432. The third-order valence-electron chi connectivity index (χ3n) is 4.37. The molecule has 0 rings (SSSR count). The maximum absolute atomic E-state index is 9.46. The fourth-order valence-corrected chi connectivity index (χ4v) is 2.82. The smallest absolute Gasteiger partial charge is 0.191 e. The summed E-state index contributed by atoms with van der Waals surface area (Å²) in [6.45, 7) is 15.5. The predicted molar refractivity (Wildman–Crippen MR) is 83.8 cm³/mol. The Morgan fingerprint density at radius 3 is 2.05 bits per heavy atom. The SMILES string of the molecule is C=CCC(CO)(CO)CCCO[Si](C)(C)C(C)(C)C. The average molecular weight is 289 g/mol. The minimum atomic E-state index is -1.69. The molecule has 2 N–H and O–H groups in total. The molecule has 0 saturated carbocycles. The Bertz CT molecular complexity index is 265. The highest BCUT2D eigenvalue weighted by Gasteiger charge is 2.37. The summed E-state index contributed by atoms with van der Waals surface area (Å²) in [7, 11) is -1.69. The van der Waals surface area contributed by atoms with Crippen molar-refractivity contribution >= 4 is 8.32 Å². The Labute approximate surface area is 119 Å². The van der Waals surface area contributed by atoms with Crippen molar-refractivity contribution in [2.24, 2.45) is 5.41 Å². The van der Waals surface area contributed by atoms with Crippen molar-refractivity contribution in [3.8, 4) is 0 Å². The molecule has 0 spiro atoms. The van der Waals surface area contributed by atoms with Gasteiger partial charge in [0.05, 0.1) is 13.2 Å². The highest BCUT2D eigenvalue weighted by Crippen LogP contribution is 2.37. The zero-order valence-corrected chi connectivity index (χ0v) is 14.3. The fourth-order valence-electron chi connectivity index (χ4n) is 1.74. The highest BCUT2D eigenvalue weighted by molar-refractivity contribution is 6.74. The number of aliphatic hydroxyl groups is 2. The molecular weight excluding hydrogens is 256 g/mol. The van der Waals surface area contributed by atoms with E-state index >= 15 is 0 Å². The third-order valence-corrected chi connectivity index (χ3v) is 8.91. The minimum absolute atomic E-state index is 0.00435. The van der Waals surface area contributed by atoms with Crippen molar-refractivity contribution in [3.63, 3.8) is 0 Å².